The Morgan fingerprint density at radius 3 is 2.44 bits per heavy atom. The maximum absolute atomic E-state index is 12.5. The number of carbonyl (C=O) groups excluding carboxylic acids is 1. The predicted molar refractivity (Wildman–Crippen MR) is 98.6 cm³/mol. The Hall–Kier alpha value is -2.30. The summed E-state index contributed by atoms with van der Waals surface area (Å²) in [7, 11) is 0. The van der Waals surface area contributed by atoms with E-state index in [-0.39, 0.29) is 11.6 Å². The number of aryl methyl sites for hydroxylation is 1. The highest BCUT2D eigenvalue weighted by Gasteiger charge is 2.23. The molecule has 0 bridgehead atoms. The minimum atomic E-state index is -0.121. The van der Waals surface area contributed by atoms with Gasteiger partial charge < -0.3 is 9.88 Å². The fraction of sp³-hybridized carbons (Fsp3) is 0.500. The van der Waals surface area contributed by atoms with Gasteiger partial charge in [0.05, 0.1) is 0 Å². The van der Waals surface area contributed by atoms with Gasteiger partial charge in [-0.3, -0.25) is 9.36 Å². The molecular weight excluding hydrogens is 314 g/mol. The number of piperidine rings is 1. The van der Waals surface area contributed by atoms with Crippen molar-refractivity contribution >= 4 is 5.91 Å². The molecule has 0 aliphatic carbocycles. The molecule has 2 heterocycles. The molecule has 1 N–H and O–H groups in total. The van der Waals surface area contributed by atoms with Crippen LogP contribution in [-0.4, -0.2) is 33.4 Å². The summed E-state index contributed by atoms with van der Waals surface area (Å²) in [5.74, 6) is 0.812. The molecule has 1 amide bonds. The Morgan fingerprint density at radius 1 is 1.16 bits per heavy atom. The van der Waals surface area contributed by atoms with E-state index in [2.05, 4.69) is 29.2 Å². The molecule has 0 unspecified atom stereocenters. The largest absolute Gasteiger partial charge is 0.343 e. The fourth-order valence-electron chi connectivity index (χ4n) is 3.64. The van der Waals surface area contributed by atoms with Gasteiger partial charge in [-0.25, -0.2) is 4.79 Å². The molecule has 0 spiro atoms. The molecule has 5 nitrogen and oxygen atoms in total. The highest BCUT2D eigenvalue weighted by atomic mass is 16.2. The van der Waals surface area contributed by atoms with Crippen LogP contribution in [0.1, 0.15) is 36.2 Å². The van der Waals surface area contributed by atoms with Gasteiger partial charge in [0.15, 0.2) is 0 Å². The van der Waals surface area contributed by atoms with Crippen molar-refractivity contribution < 1.29 is 4.79 Å². The maximum Gasteiger partial charge on any atom is 0.325 e. The van der Waals surface area contributed by atoms with E-state index in [1.165, 1.54) is 5.56 Å². The van der Waals surface area contributed by atoms with E-state index in [9.17, 15) is 9.59 Å². The average Bonchev–Trinajstić information content (AvgIpc) is 2.86. The smallest absolute Gasteiger partial charge is 0.325 e. The highest BCUT2D eigenvalue weighted by Crippen LogP contribution is 2.22. The summed E-state index contributed by atoms with van der Waals surface area (Å²) in [5, 5.41) is 0. The lowest BCUT2D eigenvalue weighted by Crippen LogP contribution is -2.39. The fourth-order valence-corrected chi connectivity index (χ4v) is 3.64. The Bertz CT molecular complexity index is 768. The molecule has 0 radical (unpaired) electrons. The van der Waals surface area contributed by atoms with Gasteiger partial charge in [-0.05, 0) is 44.6 Å². The lowest BCUT2D eigenvalue weighted by Gasteiger charge is -2.32. The molecule has 1 aromatic carbocycles. The van der Waals surface area contributed by atoms with Crippen molar-refractivity contribution in [3.63, 3.8) is 0 Å². The van der Waals surface area contributed by atoms with Gasteiger partial charge in [-0.1, -0.05) is 30.3 Å². The molecule has 1 aliphatic heterocycles. The van der Waals surface area contributed by atoms with Gasteiger partial charge in [-0.2, -0.15) is 0 Å². The van der Waals surface area contributed by atoms with Crippen molar-refractivity contribution in [2.75, 3.05) is 13.1 Å². The highest BCUT2D eigenvalue weighted by molar-refractivity contribution is 5.76. The van der Waals surface area contributed by atoms with Crippen LogP contribution in [0.2, 0.25) is 0 Å². The standard InChI is InChI=1S/C20H27N3O2/c1-15-16(2)23(20(25)21-15)13-10-19(24)22-11-8-18(9-12-22)14-17-6-4-3-5-7-17/h3-7,18H,8-14H2,1-2H3,(H,21,25). The number of rotatable bonds is 5. The van der Waals surface area contributed by atoms with Crippen molar-refractivity contribution in [3.05, 3.63) is 57.8 Å². The van der Waals surface area contributed by atoms with Crippen molar-refractivity contribution in [3.8, 4) is 0 Å². The van der Waals surface area contributed by atoms with E-state index in [0.717, 1.165) is 43.7 Å². The summed E-state index contributed by atoms with van der Waals surface area (Å²) in [5.41, 5.74) is 3.05. The summed E-state index contributed by atoms with van der Waals surface area (Å²) in [6.07, 6.45) is 3.60. The van der Waals surface area contributed by atoms with Crippen molar-refractivity contribution in [1.82, 2.24) is 14.5 Å². The number of carbonyl (C=O) groups is 1. The first kappa shape index (κ1) is 17.5. The van der Waals surface area contributed by atoms with E-state index in [1.807, 2.05) is 24.8 Å². The molecule has 3 rings (SSSR count). The van der Waals surface area contributed by atoms with Gasteiger partial charge >= 0.3 is 5.69 Å². The number of aromatic amines is 1. The second-order valence-electron chi connectivity index (χ2n) is 7.06. The molecule has 1 saturated heterocycles. The molecule has 0 atom stereocenters. The number of hydrogen-bond acceptors (Lipinski definition) is 2. The lowest BCUT2D eigenvalue weighted by molar-refractivity contribution is -0.132. The molecule has 0 saturated carbocycles. The first-order valence-electron chi connectivity index (χ1n) is 9.12. The Labute approximate surface area is 148 Å². The first-order valence-corrected chi connectivity index (χ1v) is 9.12. The van der Waals surface area contributed by atoms with Crippen LogP contribution in [0.15, 0.2) is 35.1 Å². The van der Waals surface area contributed by atoms with Crippen LogP contribution in [0.4, 0.5) is 0 Å². The molecule has 5 heteroatoms. The van der Waals surface area contributed by atoms with E-state index in [4.69, 9.17) is 0 Å². The van der Waals surface area contributed by atoms with Crippen molar-refractivity contribution in [1.29, 1.82) is 0 Å². The number of likely N-dealkylation sites (tertiary alicyclic amines) is 1. The van der Waals surface area contributed by atoms with Crippen LogP contribution < -0.4 is 5.69 Å². The Morgan fingerprint density at radius 2 is 1.84 bits per heavy atom. The minimum absolute atomic E-state index is 0.121. The van der Waals surface area contributed by atoms with E-state index in [0.29, 0.717) is 18.9 Å². The number of nitrogens with one attached hydrogen (secondary N) is 1. The predicted octanol–water partition coefficient (Wildman–Crippen LogP) is 2.66. The molecule has 1 aliphatic rings. The summed E-state index contributed by atoms with van der Waals surface area (Å²) >= 11 is 0. The van der Waals surface area contributed by atoms with Crippen LogP contribution in [0.5, 0.6) is 0 Å². The van der Waals surface area contributed by atoms with Crippen molar-refractivity contribution in [2.45, 2.75) is 46.1 Å². The number of aromatic nitrogens is 2. The number of amides is 1. The number of imidazole rings is 1. The molecule has 1 aromatic heterocycles. The quantitative estimate of drug-likeness (QED) is 0.909. The second kappa shape index (κ2) is 7.72. The maximum atomic E-state index is 12.5. The van der Waals surface area contributed by atoms with Crippen LogP contribution in [-0.2, 0) is 17.8 Å². The zero-order valence-electron chi connectivity index (χ0n) is 15.1. The SMILES string of the molecule is Cc1[nH]c(=O)n(CCC(=O)N2CCC(Cc3ccccc3)CC2)c1C. The third-order valence-corrected chi connectivity index (χ3v) is 5.37. The van der Waals surface area contributed by atoms with E-state index >= 15 is 0 Å². The van der Waals surface area contributed by atoms with Crippen LogP contribution in [0.3, 0.4) is 0 Å². The van der Waals surface area contributed by atoms with E-state index in [1.54, 1.807) is 4.57 Å². The Kier molecular flexibility index (Phi) is 5.41. The lowest BCUT2D eigenvalue weighted by atomic mass is 9.90. The first-order chi connectivity index (χ1) is 12.0. The monoisotopic (exact) mass is 341 g/mol. The Balaban J connectivity index is 1.47. The summed E-state index contributed by atoms with van der Waals surface area (Å²) < 4.78 is 1.66. The third-order valence-electron chi connectivity index (χ3n) is 5.37. The van der Waals surface area contributed by atoms with Crippen LogP contribution in [0.25, 0.3) is 0 Å². The van der Waals surface area contributed by atoms with Crippen LogP contribution in [0, 0.1) is 19.8 Å². The second-order valence-corrected chi connectivity index (χ2v) is 7.06. The average molecular weight is 341 g/mol. The number of H-pyrrole nitrogens is 1. The molecule has 1 fully saturated rings. The number of benzene rings is 1. The van der Waals surface area contributed by atoms with Gasteiger partial charge in [-0.15, -0.1) is 0 Å². The van der Waals surface area contributed by atoms with Crippen molar-refractivity contribution in [2.24, 2.45) is 5.92 Å². The van der Waals surface area contributed by atoms with Gasteiger partial charge in [0.2, 0.25) is 5.91 Å². The number of hydrogen-bond donors (Lipinski definition) is 1. The zero-order valence-corrected chi connectivity index (χ0v) is 15.1. The summed E-state index contributed by atoms with van der Waals surface area (Å²) in [6, 6.07) is 10.6. The van der Waals surface area contributed by atoms with E-state index < -0.39 is 0 Å². The zero-order chi connectivity index (χ0) is 17.8. The topological polar surface area (TPSA) is 58.1 Å². The third kappa shape index (κ3) is 4.21. The van der Waals surface area contributed by atoms with Crippen LogP contribution >= 0.6 is 0 Å². The summed E-state index contributed by atoms with van der Waals surface area (Å²) in [4.78, 5) is 29.1. The molecule has 25 heavy (non-hydrogen) atoms. The normalized spacial score (nSPS) is 15.5. The number of nitrogens with zero attached hydrogens (tertiary/aromatic N) is 2. The van der Waals surface area contributed by atoms with Gasteiger partial charge in [0.25, 0.3) is 0 Å². The minimum Gasteiger partial charge on any atom is -0.343 e. The van der Waals surface area contributed by atoms with Gasteiger partial charge in [0.1, 0.15) is 0 Å². The van der Waals surface area contributed by atoms with Gasteiger partial charge in [0, 0.05) is 37.4 Å². The summed E-state index contributed by atoms with van der Waals surface area (Å²) in [6.45, 7) is 5.91. The molecule has 2 aromatic rings. The molecular formula is C20H27N3O2. The molecule has 134 valence electrons.